The number of carbonyl (C=O) groups excluding carboxylic acids is 3. The van der Waals surface area contributed by atoms with E-state index >= 15 is 0 Å². The Morgan fingerprint density at radius 2 is 1.56 bits per heavy atom. The van der Waals surface area contributed by atoms with Crippen molar-refractivity contribution in [2.24, 2.45) is 0 Å². The molecule has 1 aromatic heterocycles. The Morgan fingerprint density at radius 3 is 2.31 bits per heavy atom. The summed E-state index contributed by atoms with van der Waals surface area (Å²) in [5.74, 6) is -0.520. The fraction of sp³-hybridized carbons (Fsp3) is 0.0400. The fourth-order valence-corrected chi connectivity index (χ4v) is 3.75. The summed E-state index contributed by atoms with van der Waals surface area (Å²) < 4.78 is 4.95. The van der Waals surface area contributed by atoms with Crippen molar-refractivity contribution in [2.75, 3.05) is 10.2 Å². The van der Waals surface area contributed by atoms with Crippen LogP contribution in [0, 0.1) is 6.92 Å². The highest BCUT2D eigenvalue weighted by Crippen LogP contribution is 2.36. The molecule has 156 valence electrons. The van der Waals surface area contributed by atoms with Gasteiger partial charge in [0.2, 0.25) is 0 Å². The first-order valence-electron chi connectivity index (χ1n) is 9.95. The molecule has 0 saturated carbocycles. The maximum atomic E-state index is 13.3. The monoisotopic (exact) mass is 423 g/mol. The number of carbonyl (C=O) groups is 3. The number of benzene rings is 3. The van der Waals surface area contributed by atoms with Crippen molar-refractivity contribution in [1.82, 2.24) is 5.16 Å². The third kappa shape index (κ3) is 3.26. The van der Waals surface area contributed by atoms with E-state index in [4.69, 9.17) is 4.52 Å². The molecule has 3 aromatic carbocycles. The second kappa shape index (κ2) is 7.63. The third-order valence-electron chi connectivity index (χ3n) is 5.25. The Bertz CT molecular complexity index is 1370. The number of aryl methyl sites for hydroxylation is 1. The summed E-state index contributed by atoms with van der Waals surface area (Å²) >= 11 is 0. The quantitative estimate of drug-likeness (QED) is 0.480. The van der Waals surface area contributed by atoms with Crippen molar-refractivity contribution in [3.63, 3.8) is 0 Å². The van der Waals surface area contributed by atoms with Gasteiger partial charge < -0.3 is 9.84 Å². The van der Waals surface area contributed by atoms with Crippen molar-refractivity contribution < 1.29 is 18.9 Å². The Labute approximate surface area is 183 Å². The summed E-state index contributed by atoms with van der Waals surface area (Å²) in [6, 6.07) is 22.8. The number of fused-ring (bicyclic) bond motifs is 1. The summed E-state index contributed by atoms with van der Waals surface area (Å²) in [6.45, 7) is 1.71. The summed E-state index contributed by atoms with van der Waals surface area (Å²) in [6.07, 6.45) is 0. The molecule has 1 aliphatic rings. The van der Waals surface area contributed by atoms with Crippen molar-refractivity contribution in [3.8, 4) is 11.1 Å². The van der Waals surface area contributed by atoms with Gasteiger partial charge in [-0.3, -0.25) is 14.4 Å². The van der Waals surface area contributed by atoms with Gasteiger partial charge in [-0.15, -0.1) is 0 Å². The van der Waals surface area contributed by atoms with Crippen LogP contribution >= 0.6 is 0 Å². The summed E-state index contributed by atoms with van der Waals surface area (Å²) in [5, 5.41) is 6.35. The number of rotatable bonds is 4. The second-order valence-corrected chi connectivity index (χ2v) is 7.37. The number of para-hydroxylation sites is 1. The van der Waals surface area contributed by atoms with Crippen LogP contribution in [0.5, 0.6) is 0 Å². The summed E-state index contributed by atoms with van der Waals surface area (Å²) in [5.41, 5.74) is 2.83. The van der Waals surface area contributed by atoms with Crippen LogP contribution in [0.15, 0.2) is 83.4 Å². The molecule has 5 rings (SSSR count). The molecule has 1 aliphatic heterocycles. The number of hydrogen-bond acceptors (Lipinski definition) is 5. The molecule has 0 saturated heterocycles. The lowest BCUT2D eigenvalue weighted by Crippen LogP contribution is -2.29. The van der Waals surface area contributed by atoms with Gasteiger partial charge in [-0.2, -0.15) is 0 Å². The zero-order valence-electron chi connectivity index (χ0n) is 17.0. The molecule has 0 radical (unpaired) electrons. The first kappa shape index (κ1) is 19.4. The van der Waals surface area contributed by atoms with Crippen molar-refractivity contribution in [3.05, 3.63) is 101 Å². The van der Waals surface area contributed by atoms with Crippen molar-refractivity contribution >= 4 is 29.2 Å². The third-order valence-corrected chi connectivity index (χ3v) is 5.25. The zero-order chi connectivity index (χ0) is 22.2. The number of anilines is 2. The lowest BCUT2D eigenvalue weighted by atomic mass is 10.0. The van der Waals surface area contributed by atoms with Gasteiger partial charge in [0.1, 0.15) is 5.76 Å². The maximum absolute atomic E-state index is 13.3. The molecule has 7 heteroatoms. The maximum Gasteiger partial charge on any atom is 0.266 e. The highest BCUT2D eigenvalue weighted by Gasteiger charge is 2.38. The van der Waals surface area contributed by atoms with E-state index in [9.17, 15) is 14.4 Å². The number of nitrogens with one attached hydrogen (secondary N) is 1. The normalized spacial score (nSPS) is 12.7. The van der Waals surface area contributed by atoms with Gasteiger partial charge in [-0.1, -0.05) is 53.7 Å². The number of nitrogens with zero attached hydrogens (tertiary/aromatic N) is 2. The molecule has 0 fully saturated rings. The summed E-state index contributed by atoms with van der Waals surface area (Å²) in [7, 11) is 0. The average molecular weight is 423 g/mol. The van der Waals surface area contributed by atoms with Gasteiger partial charge in [0.15, 0.2) is 5.82 Å². The van der Waals surface area contributed by atoms with Gasteiger partial charge in [0.25, 0.3) is 17.7 Å². The van der Waals surface area contributed by atoms with Gasteiger partial charge in [0.05, 0.1) is 16.8 Å². The van der Waals surface area contributed by atoms with Crippen LogP contribution in [-0.2, 0) is 0 Å². The molecule has 0 bridgehead atoms. The molecule has 0 aliphatic carbocycles. The first-order chi connectivity index (χ1) is 15.5. The zero-order valence-corrected chi connectivity index (χ0v) is 17.0. The largest absolute Gasteiger partial charge is 0.360 e. The molecule has 0 unspecified atom stereocenters. The minimum absolute atomic E-state index is 0.182. The lowest BCUT2D eigenvalue weighted by molar-refractivity contribution is 0.0925. The Morgan fingerprint density at radius 1 is 0.844 bits per heavy atom. The van der Waals surface area contributed by atoms with E-state index in [2.05, 4.69) is 10.5 Å². The Hall–Kier alpha value is -4.52. The van der Waals surface area contributed by atoms with Gasteiger partial charge in [-0.25, -0.2) is 4.90 Å². The van der Waals surface area contributed by atoms with Gasteiger partial charge >= 0.3 is 0 Å². The highest BCUT2D eigenvalue weighted by molar-refractivity contribution is 6.35. The standard InChI is InChI=1S/C25H17N3O4/c1-15-13-22(27-32-15)26-23(29)17-11-12-19-20(14-17)25(31)28(24(19)30)21-10-6-5-9-18(21)16-7-3-2-4-8-16/h2-14H,1H3,(H,26,27,29). The predicted molar refractivity (Wildman–Crippen MR) is 119 cm³/mol. The summed E-state index contributed by atoms with van der Waals surface area (Å²) in [4.78, 5) is 40.2. The van der Waals surface area contributed by atoms with E-state index in [-0.39, 0.29) is 22.5 Å². The number of amides is 3. The molecule has 32 heavy (non-hydrogen) atoms. The van der Waals surface area contributed by atoms with Crippen LogP contribution in [0.3, 0.4) is 0 Å². The average Bonchev–Trinajstić information content (AvgIpc) is 3.34. The predicted octanol–water partition coefficient (Wildman–Crippen LogP) is 4.70. The lowest BCUT2D eigenvalue weighted by Gasteiger charge is -2.18. The fourth-order valence-electron chi connectivity index (χ4n) is 3.75. The van der Waals surface area contributed by atoms with Gasteiger partial charge in [0, 0.05) is 17.2 Å². The molecule has 0 spiro atoms. The van der Waals surface area contributed by atoms with Crippen LogP contribution in [0.25, 0.3) is 11.1 Å². The van der Waals surface area contributed by atoms with Crippen LogP contribution in [-0.4, -0.2) is 22.9 Å². The molecular weight excluding hydrogens is 406 g/mol. The van der Waals surface area contributed by atoms with E-state index in [0.29, 0.717) is 11.4 Å². The number of imide groups is 1. The first-order valence-corrected chi connectivity index (χ1v) is 9.95. The Kier molecular flexibility index (Phi) is 4.63. The van der Waals surface area contributed by atoms with Gasteiger partial charge in [-0.05, 0) is 36.8 Å². The van der Waals surface area contributed by atoms with E-state index < -0.39 is 17.7 Å². The molecular formula is C25H17N3O4. The number of aromatic nitrogens is 1. The minimum atomic E-state index is -0.472. The topological polar surface area (TPSA) is 92.5 Å². The molecule has 1 N–H and O–H groups in total. The SMILES string of the molecule is Cc1cc(NC(=O)c2ccc3c(c2)C(=O)N(c2ccccc2-c2ccccc2)C3=O)no1. The molecule has 0 atom stereocenters. The molecule has 4 aromatic rings. The minimum Gasteiger partial charge on any atom is -0.360 e. The Balaban J connectivity index is 1.50. The highest BCUT2D eigenvalue weighted by atomic mass is 16.5. The van der Waals surface area contributed by atoms with Crippen LogP contribution in [0.2, 0.25) is 0 Å². The molecule has 7 nitrogen and oxygen atoms in total. The van der Waals surface area contributed by atoms with E-state index in [0.717, 1.165) is 16.0 Å². The van der Waals surface area contributed by atoms with Crippen LogP contribution in [0.4, 0.5) is 11.5 Å². The van der Waals surface area contributed by atoms with Crippen molar-refractivity contribution in [2.45, 2.75) is 6.92 Å². The smallest absolute Gasteiger partial charge is 0.266 e. The van der Waals surface area contributed by atoms with E-state index in [1.807, 2.05) is 42.5 Å². The van der Waals surface area contributed by atoms with E-state index in [1.54, 1.807) is 25.1 Å². The molecule has 3 amide bonds. The van der Waals surface area contributed by atoms with E-state index in [1.165, 1.54) is 18.2 Å². The van der Waals surface area contributed by atoms with Crippen LogP contribution < -0.4 is 10.2 Å². The second-order valence-electron chi connectivity index (χ2n) is 7.37. The van der Waals surface area contributed by atoms with Crippen LogP contribution in [0.1, 0.15) is 36.8 Å². The molecule has 2 heterocycles. The number of hydrogen-bond donors (Lipinski definition) is 1. The van der Waals surface area contributed by atoms with Crippen molar-refractivity contribution in [1.29, 1.82) is 0 Å².